The highest BCUT2D eigenvalue weighted by molar-refractivity contribution is 7.92. The summed E-state index contributed by atoms with van der Waals surface area (Å²) >= 11 is 6.46. The summed E-state index contributed by atoms with van der Waals surface area (Å²) in [6.45, 7) is 4.91. The van der Waals surface area contributed by atoms with E-state index < -0.39 is 21.9 Å². The minimum atomic E-state index is -3.41. The number of aryl methyl sites for hydroxylation is 1. The number of nitrogens with one attached hydrogen (secondary N) is 3. The highest BCUT2D eigenvalue weighted by Gasteiger charge is 2.43. The van der Waals surface area contributed by atoms with Gasteiger partial charge in [-0.2, -0.15) is 0 Å². The fourth-order valence-electron chi connectivity index (χ4n) is 8.26. The van der Waals surface area contributed by atoms with Gasteiger partial charge in [0.15, 0.2) is 0 Å². The van der Waals surface area contributed by atoms with Gasteiger partial charge >= 0.3 is 6.03 Å². The second-order valence-electron chi connectivity index (χ2n) is 14.8. The number of hydrogen-bond acceptors (Lipinski definition) is 6. The number of halogens is 1. The van der Waals surface area contributed by atoms with E-state index in [2.05, 4.69) is 48.9 Å². The second kappa shape index (κ2) is 13.7. The number of ether oxygens (including phenoxy) is 1. The molecule has 2 aliphatic heterocycles. The SMILES string of the molecule is CO[C@H]1/C=C/C[C@H](C)CS(=O)(NC(=O)NCC2CC2)=NC(=O)c2ccc3c(c2)N(C[C@@H]2CC[C@H]21)C[C@@]1(CCCc2cc(Cl)ccc21)CN3. The molecule has 2 fully saturated rings. The Morgan fingerprint density at radius 3 is 2.81 bits per heavy atom. The van der Waals surface area contributed by atoms with Gasteiger partial charge in [-0.1, -0.05) is 36.7 Å². The van der Waals surface area contributed by atoms with Crippen LogP contribution in [0.25, 0.3) is 0 Å². The van der Waals surface area contributed by atoms with Crippen LogP contribution in [0.5, 0.6) is 0 Å². The van der Waals surface area contributed by atoms with Crippen molar-refractivity contribution >= 4 is 44.8 Å². The molecule has 2 bridgehead atoms. The Labute approximate surface area is 289 Å². The fourth-order valence-corrected chi connectivity index (χ4v) is 10.3. The van der Waals surface area contributed by atoms with Crippen molar-refractivity contribution in [3.05, 3.63) is 70.3 Å². The average Bonchev–Trinajstić information content (AvgIpc) is 3.88. The fraction of sp³-hybridized carbons (Fsp3) is 0.568. The lowest BCUT2D eigenvalue weighted by Gasteiger charge is -2.46. The molecule has 11 heteroatoms. The van der Waals surface area contributed by atoms with Gasteiger partial charge in [0.1, 0.15) is 9.92 Å². The number of carbonyl (C=O) groups excluding carboxylic acids is 2. The van der Waals surface area contributed by atoms with Crippen molar-refractivity contribution in [3.8, 4) is 0 Å². The van der Waals surface area contributed by atoms with Crippen LogP contribution < -0.4 is 20.3 Å². The van der Waals surface area contributed by atoms with Crippen molar-refractivity contribution in [2.45, 2.75) is 69.8 Å². The standard InChI is InChI=1S/C37H48ClN5O4S/c1-24-5-3-7-34(47-2)30-13-10-28(30)20-43-23-37(16-4-6-26-17-29(38)12-14-31(26)37)22-40-32-15-11-27(18-33(32)43)35(44)41-48(46,21-24)42-36(45)39-19-25-8-9-25/h3,7,11-12,14-15,17-18,24-25,28,30,34,40H,4-6,8-10,13,16,19-23H2,1-2H3,(H2,39,41,42,44,45,46)/b7-3+/t24-,28-,30+,34-,37+,48?/m0/s1. The highest BCUT2D eigenvalue weighted by Crippen LogP contribution is 2.46. The molecule has 6 atom stereocenters. The van der Waals surface area contributed by atoms with Gasteiger partial charge in [-0.25, -0.2) is 9.00 Å². The molecule has 2 saturated carbocycles. The molecule has 3 amide bonds. The van der Waals surface area contributed by atoms with Gasteiger partial charge in [0.25, 0.3) is 5.91 Å². The van der Waals surface area contributed by atoms with Crippen LogP contribution in [-0.4, -0.2) is 61.3 Å². The molecular weight excluding hydrogens is 646 g/mol. The summed E-state index contributed by atoms with van der Waals surface area (Å²) in [6, 6.07) is 11.4. The Morgan fingerprint density at radius 1 is 1.19 bits per heavy atom. The molecule has 1 unspecified atom stereocenters. The molecular formula is C37H48ClN5O4S. The van der Waals surface area contributed by atoms with Gasteiger partial charge in [-0.3, -0.25) is 9.52 Å². The molecule has 2 heterocycles. The number of anilines is 2. The van der Waals surface area contributed by atoms with Crippen LogP contribution >= 0.6 is 11.6 Å². The molecule has 0 radical (unpaired) electrons. The summed E-state index contributed by atoms with van der Waals surface area (Å²) in [7, 11) is -1.63. The molecule has 9 nitrogen and oxygen atoms in total. The topological polar surface area (TPSA) is 112 Å². The third-order valence-electron chi connectivity index (χ3n) is 11.2. The zero-order valence-corrected chi connectivity index (χ0v) is 29.6. The number of urea groups is 1. The number of benzene rings is 2. The molecule has 2 aromatic carbocycles. The van der Waals surface area contributed by atoms with Gasteiger partial charge in [-0.15, -0.1) is 4.36 Å². The summed E-state index contributed by atoms with van der Waals surface area (Å²) in [5.41, 5.74) is 4.81. The molecule has 0 aromatic heterocycles. The van der Waals surface area contributed by atoms with Gasteiger partial charge in [0.05, 0.1) is 23.2 Å². The van der Waals surface area contributed by atoms with Gasteiger partial charge in [0.2, 0.25) is 0 Å². The van der Waals surface area contributed by atoms with Crippen molar-refractivity contribution in [3.63, 3.8) is 0 Å². The predicted molar refractivity (Wildman–Crippen MR) is 192 cm³/mol. The van der Waals surface area contributed by atoms with E-state index in [1.807, 2.05) is 25.1 Å². The van der Waals surface area contributed by atoms with Crippen LogP contribution in [0.15, 0.2) is 52.9 Å². The summed E-state index contributed by atoms with van der Waals surface area (Å²) < 4.78 is 27.2. The number of rotatable bonds is 4. The van der Waals surface area contributed by atoms with Crippen LogP contribution in [0.4, 0.5) is 16.2 Å². The van der Waals surface area contributed by atoms with Crippen molar-refractivity contribution in [1.82, 2.24) is 10.0 Å². The van der Waals surface area contributed by atoms with E-state index in [0.717, 1.165) is 81.0 Å². The van der Waals surface area contributed by atoms with Gasteiger partial charge in [0, 0.05) is 49.3 Å². The minimum Gasteiger partial charge on any atom is -0.382 e. The number of carbonyl (C=O) groups is 2. The summed E-state index contributed by atoms with van der Waals surface area (Å²) in [5, 5.41) is 7.36. The van der Waals surface area contributed by atoms with E-state index >= 15 is 0 Å². The van der Waals surface area contributed by atoms with E-state index in [0.29, 0.717) is 36.3 Å². The zero-order chi connectivity index (χ0) is 33.5. The predicted octanol–water partition coefficient (Wildman–Crippen LogP) is 6.72. The van der Waals surface area contributed by atoms with Crippen LogP contribution in [-0.2, 0) is 26.5 Å². The summed E-state index contributed by atoms with van der Waals surface area (Å²) in [5.74, 6) is 0.664. The first-order valence-electron chi connectivity index (χ1n) is 17.6. The van der Waals surface area contributed by atoms with Crippen molar-refractivity contribution in [2.75, 3.05) is 49.3 Å². The minimum absolute atomic E-state index is 0.0202. The lowest BCUT2D eigenvalue weighted by Crippen LogP contribution is -2.49. The first kappa shape index (κ1) is 33.4. The zero-order valence-electron chi connectivity index (χ0n) is 28.0. The molecule has 3 N–H and O–H groups in total. The van der Waals surface area contributed by atoms with Crippen LogP contribution in [0.2, 0.25) is 5.02 Å². The third-order valence-corrected chi connectivity index (χ3v) is 13.4. The van der Waals surface area contributed by atoms with Crippen LogP contribution in [0.1, 0.15) is 73.4 Å². The lowest BCUT2D eigenvalue weighted by atomic mass is 9.68. The van der Waals surface area contributed by atoms with Gasteiger partial charge in [-0.05, 0) is 116 Å². The molecule has 7 rings (SSSR count). The molecule has 48 heavy (non-hydrogen) atoms. The average molecular weight is 694 g/mol. The monoisotopic (exact) mass is 693 g/mol. The van der Waals surface area contributed by atoms with Crippen LogP contribution in [0.3, 0.4) is 0 Å². The smallest absolute Gasteiger partial charge is 0.327 e. The maximum Gasteiger partial charge on any atom is 0.327 e. The van der Waals surface area contributed by atoms with E-state index in [1.165, 1.54) is 11.1 Å². The number of hydrogen-bond donors (Lipinski definition) is 3. The van der Waals surface area contributed by atoms with E-state index in [9.17, 15) is 13.8 Å². The number of nitrogens with zero attached hydrogens (tertiary/aromatic N) is 2. The Kier molecular flexibility index (Phi) is 9.52. The Bertz CT molecular complexity index is 1720. The maximum atomic E-state index is 14.3. The summed E-state index contributed by atoms with van der Waals surface area (Å²) in [6.07, 6.45) is 12.4. The first-order valence-corrected chi connectivity index (χ1v) is 19.7. The molecule has 5 aliphatic rings. The molecule has 1 spiro atoms. The number of fused-ring (bicyclic) bond motifs is 4. The second-order valence-corrected chi connectivity index (χ2v) is 17.3. The van der Waals surface area contributed by atoms with E-state index in [-0.39, 0.29) is 23.2 Å². The Balaban J connectivity index is 1.28. The maximum absolute atomic E-state index is 14.3. The van der Waals surface area contributed by atoms with Crippen LogP contribution in [0, 0.1) is 23.7 Å². The van der Waals surface area contributed by atoms with E-state index in [4.69, 9.17) is 16.3 Å². The molecule has 258 valence electrons. The molecule has 0 saturated heterocycles. The first-order chi connectivity index (χ1) is 23.1. The Morgan fingerprint density at radius 2 is 2.04 bits per heavy atom. The number of methoxy groups -OCH3 is 1. The molecule has 3 aliphatic carbocycles. The number of amides is 3. The largest absolute Gasteiger partial charge is 0.382 e. The van der Waals surface area contributed by atoms with E-state index in [1.54, 1.807) is 13.2 Å². The summed E-state index contributed by atoms with van der Waals surface area (Å²) in [4.78, 5) is 29.2. The van der Waals surface area contributed by atoms with Crippen molar-refractivity contribution in [2.24, 2.45) is 28.0 Å². The third kappa shape index (κ3) is 7.12. The van der Waals surface area contributed by atoms with Gasteiger partial charge < -0.3 is 20.3 Å². The number of allylic oxidation sites excluding steroid dienone is 1. The van der Waals surface area contributed by atoms with Crippen molar-refractivity contribution in [1.29, 1.82) is 0 Å². The van der Waals surface area contributed by atoms with Crippen molar-refractivity contribution < 1.29 is 18.5 Å². The lowest BCUT2D eigenvalue weighted by molar-refractivity contribution is 0.0132. The Hall–Kier alpha value is -3.08. The normalized spacial score (nSPS) is 32.4. The highest BCUT2D eigenvalue weighted by atomic mass is 35.5. The molecule has 2 aromatic rings. The quantitative estimate of drug-likeness (QED) is 0.307.